The maximum atomic E-state index is 3.64. The fourth-order valence-electron chi connectivity index (χ4n) is 2.77. The Morgan fingerprint density at radius 3 is 3.00 bits per heavy atom. The summed E-state index contributed by atoms with van der Waals surface area (Å²) in [5.74, 6) is 0.963. The van der Waals surface area contributed by atoms with E-state index in [1.165, 1.54) is 38.6 Å². The van der Waals surface area contributed by atoms with Crippen LogP contribution in [0, 0.1) is 5.92 Å². The third kappa shape index (κ3) is 1.64. The van der Waals surface area contributed by atoms with Gasteiger partial charge in [-0.15, -0.1) is 0 Å². The fraction of sp³-hybridized carbons (Fsp3) is 1.00. The summed E-state index contributed by atoms with van der Waals surface area (Å²) < 4.78 is 0. The smallest absolute Gasteiger partial charge is 0.00964 e. The van der Waals surface area contributed by atoms with Crippen molar-refractivity contribution in [1.82, 2.24) is 10.6 Å². The molecule has 3 atom stereocenters. The first-order valence-electron chi connectivity index (χ1n) is 5.31. The number of hydrogen-bond donors (Lipinski definition) is 2. The van der Waals surface area contributed by atoms with Crippen molar-refractivity contribution in [3.05, 3.63) is 0 Å². The second-order valence-corrected chi connectivity index (χ2v) is 4.26. The molecule has 2 heteroatoms. The SMILES string of the molecule is CNC1CCC2NCCCC2C1. The normalized spacial score (nSPS) is 42.2. The highest BCUT2D eigenvalue weighted by atomic mass is 15.0. The quantitative estimate of drug-likeness (QED) is 0.613. The molecule has 0 amide bonds. The van der Waals surface area contributed by atoms with Crippen molar-refractivity contribution >= 4 is 0 Å². The molecule has 70 valence electrons. The minimum atomic E-state index is 0.797. The van der Waals surface area contributed by atoms with E-state index in [4.69, 9.17) is 0 Å². The van der Waals surface area contributed by atoms with Gasteiger partial charge in [-0.1, -0.05) is 0 Å². The van der Waals surface area contributed by atoms with Crippen LogP contribution in [0.2, 0.25) is 0 Å². The summed E-state index contributed by atoms with van der Waals surface area (Å²) in [5.41, 5.74) is 0. The zero-order valence-corrected chi connectivity index (χ0v) is 7.97. The molecule has 1 saturated carbocycles. The van der Waals surface area contributed by atoms with Crippen molar-refractivity contribution in [2.45, 2.75) is 44.2 Å². The van der Waals surface area contributed by atoms with Crippen molar-refractivity contribution in [3.8, 4) is 0 Å². The van der Waals surface area contributed by atoms with E-state index in [1.54, 1.807) is 0 Å². The zero-order valence-electron chi connectivity index (χ0n) is 7.97. The Labute approximate surface area is 75.1 Å². The van der Waals surface area contributed by atoms with Gasteiger partial charge < -0.3 is 10.6 Å². The van der Waals surface area contributed by atoms with Crippen molar-refractivity contribution in [3.63, 3.8) is 0 Å². The monoisotopic (exact) mass is 168 g/mol. The molecule has 1 aliphatic carbocycles. The van der Waals surface area contributed by atoms with Gasteiger partial charge in [0.25, 0.3) is 0 Å². The molecule has 0 aromatic carbocycles. The Bertz CT molecular complexity index is 147. The summed E-state index contributed by atoms with van der Waals surface area (Å²) in [5, 5.41) is 7.05. The zero-order chi connectivity index (χ0) is 8.39. The fourth-order valence-corrected chi connectivity index (χ4v) is 2.77. The van der Waals surface area contributed by atoms with Gasteiger partial charge in [-0.2, -0.15) is 0 Å². The van der Waals surface area contributed by atoms with Crippen LogP contribution >= 0.6 is 0 Å². The summed E-state index contributed by atoms with van der Waals surface area (Å²) in [6.07, 6.45) is 6.99. The van der Waals surface area contributed by atoms with Crippen LogP contribution in [0.25, 0.3) is 0 Å². The topological polar surface area (TPSA) is 24.1 Å². The van der Waals surface area contributed by atoms with Gasteiger partial charge in [0.2, 0.25) is 0 Å². The van der Waals surface area contributed by atoms with Crippen LogP contribution in [0.15, 0.2) is 0 Å². The molecule has 0 spiro atoms. The first kappa shape index (κ1) is 8.52. The summed E-state index contributed by atoms with van der Waals surface area (Å²) in [7, 11) is 2.10. The lowest BCUT2D eigenvalue weighted by molar-refractivity contribution is 0.184. The molecule has 0 radical (unpaired) electrons. The van der Waals surface area contributed by atoms with Gasteiger partial charge in [0.15, 0.2) is 0 Å². The molecule has 0 aromatic heterocycles. The van der Waals surface area contributed by atoms with E-state index >= 15 is 0 Å². The Morgan fingerprint density at radius 2 is 2.17 bits per heavy atom. The lowest BCUT2D eigenvalue weighted by Crippen LogP contribution is -2.48. The average molecular weight is 168 g/mol. The molecule has 2 aliphatic rings. The lowest BCUT2D eigenvalue weighted by atomic mass is 9.77. The van der Waals surface area contributed by atoms with Crippen molar-refractivity contribution in [2.24, 2.45) is 5.92 Å². The van der Waals surface area contributed by atoms with Crippen LogP contribution < -0.4 is 10.6 Å². The third-order valence-electron chi connectivity index (χ3n) is 3.55. The van der Waals surface area contributed by atoms with Crippen LogP contribution in [-0.2, 0) is 0 Å². The molecular weight excluding hydrogens is 148 g/mol. The van der Waals surface area contributed by atoms with Gasteiger partial charge in [0.1, 0.15) is 0 Å². The highest BCUT2D eigenvalue weighted by Gasteiger charge is 2.30. The molecule has 0 bridgehead atoms. The molecule has 1 saturated heterocycles. The predicted octanol–water partition coefficient (Wildman–Crippen LogP) is 1.13. The Balaban J connectivity index is 1.90. The molecule has 1 aliphatic heterocycles. The van der Waals surface area contributed by atoms with Gasteiger partial charge >= 0.3 is 0 Å². The van der Waals surface area contributed by atoms with Gasteiger partial charge in [-0.05, 0) is 51.6 Å². The molecular formula is C10H20N2. The lowest BCUT2D eigenvalue weighted by Gasteiger charge is -2.39. The minimum Gasteiger partial charge on any atom is -0.317 e. The molecule has 0 aromatic rings. The van der Waals surface area contributed by atoms with Crippen LogP contribution in [0.4, 0.5) is 0 Å². The number of fused-ring (bicyclic) bond motifs is 1. The van der Waals surface area contributed by atoms with Crippen LogP contribution in [0.3, 0.4) is 0 Å². The highest BCUT2D eigenvalue weighted by Crippen LogP contribution is 2.30. The Morgan fingerprint density at radius 1 is 1.25 bits per heavy atom. The second kappa shape index (κ2) is 3.75. The minimum absolute atomic E-state index is 0.797. The van der Waals surface area contributed by atoms with Crippen LogP contribution in [0.1, 0.15) is 32.1 Å². The molecule has 12 heavy (non-hydrogen) atoms. The van der Waals surface area contributed by atoms with E-state index in [2.05, 4.69) is 17.7 Å². The maximum Gasteiger partial charge on any atom is 0.00964 e. The molecule has 1 heterocycles. The predicted molar refractivity (Wildman–Crippen MR) is 51.2 cm³/mol. The van der Waals surface area contributed by atoms with E-state index in [0.29, 0.717) is 0 Å². The van der Waals surface area contributed by atoms with Crippen molar-refractivity contribution in [2.75, 3.05) is 13.6 Å². The third-order valence-corrected chi connectivity index (χ3v) is 3.55. The molecule has 2 N–H and O–H groups in total. The Kier molecular flexibility index (Phi) is 2.66. The standard InChI is InChI=1S/C10H20N2/c1-11-9-4-5-10-8(7-9)3-2-6-12-10/h8-12H,2-7H2,1H3. The van der Waals surface area contributed by atoms with E-state index in [-0.39, 0.29) is 0 Å². The molecule has 3 unspecified atom stereocenters. The summed E-state index contributed by atoms with van der Waals surface area (Å²) in [4.78, 5) is 0. The van der Waals surface area contributed by atoms with E-state index in [9.17, 15) is 0 Å². The summed E-state index contributed by atoms with van der Waals surface area (Å²) in [6, 6.07) is 1.65. The van der Waals surface area contributed by atoms with Crippen molar-refractivity contribution in [1.29, 1.82) is 0 Å². The van der Waals surface area contributed by atoms with Crippen LogP contribution in [0.5, 0.6) is 0 Å². The number of piperidine rings is 1. The first-order chi connectivity index (χ1) is 5.90. The van der Waals surface area contributed by atoms with Gasteiger partial charge in [0.05, 0.1) is 0 Å². The largest absolute Gasteiger partial charge is 0.317 e. The number of rotatable bonds is 1. The molecule has 2 fully saturated rings. The maximum absolute atomic E-state index is 3.64. The number of nitrogens with one attached hydrogen (secondary N) is 2. The highest BCUT2D eigenvalue weighted by molar-refractivity contribution is 4.89. The average Bonchev–Trinajstić information content (AvgIpc) is 2.17. The van der Waals surface area contributed by atoms with E-state index < -0.39 is 0 Å². The van der Waals surface area contributed by atoms with E-state index in [1.807, 2.05) is 0 Å². The van der Waals surface area contributed by atoms with E-state index in [0.717, 1.165) is 18.0 Å². The number of hydrogen-bond acceptors (Lipinski definition) is 2. The van der Waals surface area contributed by atoms with Crippen LogP contribution in [-0.4, -0.2) is 25.7 Å². The molecule has 2 nitrogen and oxygen atoms in total. The summed E-state index contributed by atoms with van der Waals surface area (Å²) in [6.45, 7) is 1.26. The molecule has 2 rings (SSSR count). The van der Waals surface area contributed by atoms with Gasteiger partial charge in [0, 0.05) is 12.1 Å². The second-order valence-electron chi connectivity index (χ2n) is 4.26. The van der Waals surface area contributed by atoms with Crippen molar-refractivity contribution < 1.29 is 0 Å². The first-order valence-corrected chi connectivity index (χ1v) is 5.31. The van der Waals surface area contributed by atoms with Gasteiger partial charge in [-0.3, -0.25) is 0 Å². The Hall–Kier alpha value is -0.0800. The summed E-state index contributed by atoms with van der Waals surface area (Å²) >= 11 is 0. The van der Waals surface area contributed by atoms with Gasteiger partial charge in [-0.25, -0.2) is 0 Å².